The molecule has 160 valence electrons. The number of para-hydroxylation sites is 1. The molecule has 1 aromatic carbocycles. The fourth-order valence-corrected chi connectivity index (χ4v) is 4.42. The second-order valence-electron chi connectivity index (χ2n) is 8.18. The largest absolute Gasteiger partial charge is 0.384 e. The first-order valence-corrected chi connectivity index (χ1v) is 10.7. The highest BCUT2D eigenvalue weighted by atomic mass is 16.5. The molecule has 0 saturated carbocycles. The van der Waals surface area contributed by atoms with Gasteiger partial charge in [0.1, 0.15) is 11.6 Å². The van der Waals surface area contributed by atoms with Crippen molar-refractivity contribution in [2.45, 2.75) is 6.54 Å². The first-order chi connectivity index (χ1) is 15.7. The third kappa shape index (κ3) is 3.11. The van der Waals surface area contributed by atoms with Gasteiger partial charge in [0.05, 0.1) is 30.1 Å². The summed E-state index contributed by atoms with van der Waals surface area (Å²) in [6.45, 7) is 3.54. The van der Waals surface area contributed by atoms with E-state index in [1.807, 2.05) is 30.3 Å². The number of nitrogen functional groups attached to an aromatic ring is 1. The maximum absolute atomic E-state index is 5.84. The molecule has 3 aromatic heterocycles. The minimum Gasteiger partial charge on any atom is -0.384 e. The number of hydrogen-bond donors (Lipinski definition) is 1. The highest BCUT2D eigenvalue weighted by molar-refractivity contribution is 5.92. The Labute approximate surface area is 185 Å². The van der Waals surface area contributed by atoms with Crippen molar-refractivity contribution in [1.29, 1.82) is 0 Å². The third-order valence-electron chi connectivity index (χ3n) is 6.06. The molecule has 6 rings (SSSR count). The predicted octanol–water partition coefficient (Wildman–Crippen LogP) is 3.12. The van der Waals surface area contributed by atoms with Gasteiger partial charge in [-0.05, 0) is 24.3 Å². The highest BCUT2D eigenvalue weighted by Gasteiger charge is 2.29. The minimum absolute atomic E-state index is 0.489. The van der Waals surface area contributed by atoms with Gasteiger partial charge in [-0.2, -0.15) is 0 Å². The Bertz CT molecular complexity index is 1320. The molecule has 2 N–H and O–H groups in total. The van der Waals surface area contributed by atoms with Crippen molar-refractivity contribution in [3.8, 4) is 22.5 Å². The first-order valence-electron chi connectivity index (χ1n) is 10.7. The van der Waals surface area contributed by atoms with Crippen LogP contribution in [0.4, 0.5) is 17.6 Å². The van der Waals surface area contributed by atoms with Gasteiger partial charge in [0.15, 0.2) is 0 Å². The standard InChI is InChI=1S/C24H23N7O/c1-30-14-18-21(16-6-7-20(25)26-13-16)28-24(31-8-10-32-11-9-31)29-22(18)17-12-15-4-2-3-5-19(15)27-23(17)30/h2-7,12-13H,8-11,14H2,1H3,(H2,25,26). The van der Waals surface area contributed by atoms with E-state index in [0.29, 0.717) is 31.5 Å². The molecule has 2 aliphatic rings. The van der Waals surface area contributed by atoms with Crippen LogP contribution in [-0.4, -0.2) is 53.3 Å². The van der Waals surface area contributed by atoms with Gasteiger partial charge in [-0.3, -0.25) is 0 Å². The van der Waals surface area contributed by atoms with Crippen LogP contribution < -0.4 is 15.5 Å². The van der Waals surface area contributed by atoms with E-state index in [4.69, 9.17) is 25.4 Å². The zero-order chi connectivity index (χ0) is 21.7. The molecule has 4 aromatic rings. The molecular weight excluding hydrogens is 402 g/mol. The molecule has 2 aliphatic heterocycles. The van der Waals surface area contributed by atoms with E-state index < -0.39 is 0 Å². The summed E-state index contributed by atoms with van der Waals surface area (Å²) in [5.74, 6) is 2.13. The highest BCUT2D eigenvalue weighted by Crippen LogP contribution is 2.41. The second-order valence-corrected chi connectivity index (χ2v) is 8.18. The zero-order valence-corrected chi connectivity index (χ0v) is 17.8. The Morgan fingerprint density at radius 1 is 0.969 bits per heavy atom. The first kappa shape index (κ1) is 18.9. The molecule has 0 spiro atoms. The minimum atomic E-state index is 0.489. The van der Waals surface area contributed by atoms with Gasteiger partial charge in [-0.25, -0.2) is 19.9 Å². The topological polar surface area (TPSA) is 93.3 Å². The summed E-state index contributed by atoms with van der Waals surface area (Å²) >= 11 is 0. The number of rotatable bonds is 2. The lowest BCUT2D eigenvalue weighted by Gasteiger charge is -2.32. The maximum atomic E-state index is 5.84. The molecule has 0 amide bonds. The average Bonchev–Trinajstić information content (AvgIpc) is 2.84. The number of nitrogens with zero attached hydrogens (tertiary/aromatic N) is 6. The number of hydrogen-bond acceptors (Lipinski definition) is 8. The second kappa shape index (κ2) is 7.42. The number of morpholine rings is 1. The summed E-state index contributed by atoms with van der Waals surface area (Å²) in [7, 11) is 2.06. The van der Waals surface area contributed by atoms with Crippen LogP contribution >= 0.6 is 0 Å². The molecule has 5 heterocycles. The van der Waals surface area contributed by atoms with E-state index >= 15 is 0 Å². The van der Waals surface area contributed by atoms with Crippen LogP contribution in [-0.2, 0) is 11.3 Å². The smallest absolute Gasteiger partial charge is 0.226 e. The van der Waals surface area contributed by atoms with E-state index in [0.717, 1.165) is 57.9 Å². The Morgan fingerprint density at radius 2 is 1.78 bits per heavy atom. The van der Waals surface area contributed by atoms with Crippen molar-refractivity contribution >= 4 is 28.5 Å². The van der Waals surface area contributed by atoms with Crippen molar-refractivity contribution in [2.24, 2.45) is 0 Å². The monoisotopic (exact) mass is 425 g/mol. The number of pyridine rings is 2. The number of nitrogens with two attached hydrogens (primary N) is 1. The molecule has 32 heavy (non-hydrogen) atoms. The fraction of sp³-hybridized carbons (Fsp3) is 0.250. The lowest BCUT2D eigenvalue weighted by molar-refractivity contribution is 0.122. The van der Waals surface area contributed by atoms with Crippen LogP contribution in [0.3, 0.4) is 0 Å². The van der Waals surface area contributed by atoms with E-state index in [1.54, 1.807) is 6.20 Å². The summed E-state index contributed by atoms with van der Waals surface area (Å²) < 4.78 is 5.54. The van der Waals surface area contributed by atoms with Crippen molar-refractivity contribution in [3.63, 3.8) is 0 Å². The molecule has 0 radical (unpaired) electrons. The lowest BCUT2D eigenvalue weighted by atomic mass is 9.96. The van der Waals surface area contributed by atoms with Gasteiger partial charge in [-0.15, -0.1) is 0 Å². The molecule has 1 saturated heterocycles. The Balaban J connectivity index is 1.61. The van der Waals surface area contributed by atoms with Crippen molar-refractivity contribution in [2.75, 3.05) is 48.9 Å². The summed E-state index contributed by atoms with van der Waals surface area (Å²) in [5.41, 5.74) is 11.7. The maximum Gasteiger partial charge on any atom is 0.226 e. The van der Waals surface area contributed by atoms with Crippen LogP contribution in [0.1, 0.15) is 5.56 Å². The molecule has 8 heteroatoms. The quantitative estimate of drug-likeness (QED) is 0.524. The van der Waals surface area contributed by atoms with Gasteiger partial charge in [0, 0.05) is 55.0 Å². The molecule has 1 fully saturated rings. The number of fused-ring (bicyclic) bond motifs is 4. The van der Waals surface area contributed by atoms with Crippen LogP contribution in [0.25, 0.3) is 33.4 Å². The van der Waals surface area contributed by atoms with E-state index in [9.17, 15) is 0 Å². The number of aromatic nitrogens is 4. The summed E-state index contributed by atoms with van der Waals surface area (Å²) in [6.07, 6.45) is 1.79. The number of anilines is 3. The summed E-state index contributed by atoms with van der Waals surface area (Å²) in [5, 5.41) is 1.09. The Hall–Kier alpha value is -3.78. The van der Waals surface area contributed by atoms with Crippen molar-refractivity contribution in [3.05, 3.63) is 54.2 Å². The summed E-state index contributed by atoms with van der Waals surface area (Å²) in [6, 6.07) is 14.2. The normalized spacial score (nSPS) is 15.5. The molecule has 0 unspecified atom stereocenters. The fourth-order valence-electron chi connectivity index (χ4n) is 4.42. The number of ether oxygens (including phenoxy) is 1. The van der Waals surface area contributed by atoms with Gasteiger partial charge >= 0.3 is 0 Å². The van der Waals surface area contributed by atoms with Crippen LogP contribution in [0, 0.1) is 0 Å². The Morgan fingerprint density at radius 3 is 2.59 bits per heavy atom. The third-order valence-corrected chi connectivity index (χ3v) is 6.06. The zero-order valence-electron chi connectivity index (χ0n) is 17.8. The van der Waals surface area contributed by atoms with Crippen LogP contribution in [0.2, 0.25) is 0 Å². The molecule has 0 bridgehead atoms. The summed E-state index contributed by atoms with van der Waals surface area (Å²) in [4.78, 5) is 23.7. The SMILES string of the molecule is CN1Cc2c(-c3ccc(N)nc3)nc(N3CCOCC3)nc2-c2cc3ccccc3nc21. The predicted molar refractivity (Wildman–Crippen MR) is 126 cm³/mol. The van der Waals surface area contributed by atoms with E-state index in [-0.39, 0.29) is 0 Å². The average molecular weight is 425 g/mol. The van der Waals surface area contributed by atoms with E-state index in [2.05, 4.69) is 34.0 Å². The van der Waals surface area contributed by atoms with Crippen LogP contribution in [0.5, 0.6) is 0 Å². The van der Waals surface area contributed by atoms with Gasteiger partial charge in [-0.1, -0.05) is 18.2 Å². The van der Waals surface area contributed by atoms with Crippen LogP contribution in [0.15, 0.2) is 48.7 Å². The van der Waals surface area contributed by atoms with Gasteiger partial charge < -0.3 is 20.3 Å². The van der Waals surface area contributed by atoms with Crippen molar-refractivity contribution in [1.82, 2.24) is 19.9 Å². The van der Waals surface area contributed by atoms with Crippen molar-refractivity contribution < 1.29 is 4.74 Å². The Kier molecular flexibility index (Phi) is 4.39. The lowest BCUT2D eigenvalue weighted by Crippen LogP contribution is -2.38. The van der Waals surface area contributed by atoms with Gasteiger partial charge in [0.2, 0.25) is 5.95 Å². The molecule has 0 atom stereocenters. The molecule has 0 aliphatic carbocycles. The molecular formula is C24H23N7O. The molecule has 8 nitrogen and oxygen atoms in total. The number of benzene rings is 1. The van der Waals surface area contributed by atoms with E-state index in [1.165, 1.54) is 0 Å². The van der Waals surface area contributed by atoms with Gasteiger partial charge in [0.25, 0.3) is 0 Å².